The highest BCUT2D eigenvalue weighted by atomic mass is 16.5. The first-order valence-electron chi connectivity index (χ1n) is 7.85. The van der Waals surface area contributed by atoms with Crippen molar-refractivity contribution in [2.24, 2.45) is 0 Å². The van der Waals surface area contributed by atoms with Crippen LogP contribution in [0.15, 0.2) is 27.4 Å². The molecule has 24 heavy (non-hydrogen) atoms. The first-order valence-corrected chi connectivity index (χ1v) is 7.85. The third kappa shape index (κ3) is 3.65. The minimum Gasteiger partial charge on any atom is -0.460 e. The van der Waals surface area contributed by atoms with Gasteiger partial charge in [-0.15, -0.1) is 0 Å². The van der Waals surface area contributed by atoms with E-state index in [9.17, 15) is 9.59 Å². The number of hydrogen-bond donors (Lipinski definition) is 2. The molecule has 1 aliphatic heterocycles. The van der Waals surface area contributed by atoms with Gasteiger partial charge in [-0.05, 0) is 38.0 Å². The summed E-state index contributed by atoms with van der Waals surface area (Å²) in [7, 11) is 0. The Balaban J connectivity index is 1.73. The van der Waals surface area contributed by atoms with Gasteiger partial charge in [0.1, 0.15) is 23.7 Å². The highest BCUT2D eigenvalue weighted by Gasteiger charge is 2.17. The Kier molecular flexibility index (Phi) is 4.66. The number of aromatic nitrogens is 2. The molecule has 8 nitrogen and oxygen atoms in total. The van der Waals surface area contributed by atoms with Crippen LogP contribution in [0.2, 0.25) is 0 Å². The Morgan fingerprint density at radius 1 is 1.50 bits per heavy atom. The van der Waals surface area contributed by atoms with Gasteiger partial charge in [0.25, 0.3) is 5.56 Å². The number of carbonyl (C=O) groups is 1. The van der Waals surface area contributed by atoms with Crippen molar-refractivity contribution < 1.29 is 13.9 Å². The van der Waals surface area contributed by atoms with Crippen LogP contribution in [0.5, 0.6) is 0 Å². The van der Waals surface area contributed by atoms with Crippen molar-refractivity contribution in [3.8, 4) is 11.5 Å². The van der Waals surface area contributed by atoms with Crippen LogP contribution < -0.4 is 16.6 Å². The Hall–Kier alpha value is -2.61. The third-order valence-corrected chi connectivity index (χ3v) is 3.84. The number of anilines is 1. The zero-order valence-electron chi connectivity index (χ0n) is 13.4. The highest BCUT2D eigenvalue weighted by Crippen LogP contribution is 2.19. The predicted molar refractivity (Wildman–Crippen MR) is 87.3 cm³/mol. The average molecular weight is 332 g/mol. The largest absolute Gasteiger partial charge is 0.460 e. The molecule has 1 unspecified atom stereocenters. The number of hydrogen-bond acceptors (Lipinski definition) is 6. The van der Waals surface area contributed by atoms with Crippen molar-refractivity contribution in [1.82, 2.24) is 15.1 Å². The van der Waals surface area contributed by atoms with Crippen molar-refractivity contribution in [2.45, 2.75) is 32.4 Å². The summed E-state index contributed by atoms with van der Waals surface area (Å²) in [5.41, 5.74) is 5.67. The van der Waals surface area contributed by atoms with Gasteiger partial charge in [-0.2, -0.15) is 5.10 Å². The molecule has 1 saturated heterocycles. The summed E-state index contributed by atoms with van der Waals surface area (Å²) in [4.78, 5) is 24.1. The van der Waals surface area contributed by atoms with E-state index < -0.39 is 5.56 Å². The molecule has 3 N–H and O–H groups in total. The van der Waals surface area contributed by atoms with E-state index in [0.717, 1.165) is 29.9 Å². The lowest BCUT2D eigenvalue weighted by molar-refractivity contribution is -0.122. The molecule has 3 rings (SSSR count). The van der Waals surface area contributed by atoms with Crippen LogP contribution in [0, 0.1) is 6.92 Å². The first kappa shape index (κ1) is 16.3. The van der Waals surface area contributed by atoms with Gasteiger partial charge >= 0.3 is 0 Å². The van der Waals surface area contributed by atoms with E-state index in [2.05, 4.69) is 10.4 Å². The maximum atomic E-state index is 12.1. The minimum atomic E-state index is -0.505. The van der Waals surface area contributed by atoms with Gasteiger partial charge < -0.3 is 20.2 Å². The maximum absolute atomic E-state index is 12.1. The molecular formula is C16H20N4O4. The summed E-state index contributed by atoms with van der Waals surface area (Å²) < 4.78 is 12.0. The number of furan rings is 1. The lowest BCUT2D eigenvalue weighted by atomic mass is 10.2. The van der Waals surface area contributed by atoms with Gasteiger partial charge in [-0.3, -0.25) is 9.59 Å². The van der Waals surface area contributed by atoms with Crippen LogP contribution in [-0.4, -0.2) is 34.9 Å². The van der Waals surface area contributed by atoms with Gasteiger partial charge in [0.15, 0.2) is 5.76 Å². The molecule has 0 radical (unpaired) electrons. The predicted octanol–water partition coefficient (Wildman–Crippen LogP) is 0.689. The second kappa shape index (κ2) is 6.88. The van der Waals surface area contributed by atoms with Crippen molar-refractivity contribution in [3.05, 3.63) is 34.3 Å². The Morgan fingerprint density at radius 2 is 2.33 bits per heavy atom. The monoisotopic (exact) mass is 332 g/mol. The molecule has 0 saturated carbocycles. The Bertz CT molecular complexity index is 790. The molecule has 0 aromatic carbocycles. The number of carbonyl (C=O) groups excluding carboxylic acids is 1. The van der Waals surface area contributed by atoms with Crippen LogP contribution in [-0.2, 0) is 16.1 Å². The lowest BCUT2D eigenvalue weighted by Gasteiger charge is -2.12. The van der Waals surface area contributed by atoms with Crippen molar-refractivity contribution >= 4 is 11.6 Å². The first-order chi connectivity index (χ1) is 11.5. The zero-order valence-corrected chi connectivity index (χ0v) is 13.4. The zero-order chi connectivity index (χ0) is 17.1. The molecule has 1 atom stereocenters. The Morgan fingerprint density at radius 3 is 3.00 bits per heavy atom. The SMILES string of the molecule is Cc1ccc(-c2cc(N)c(=O)n(CC(=O)NCC3CCCO3)n2)o1. The average Bonchev–Trinajstić information content (AvgIpc) is 3.21. The summed E-state index contributed by atoms with van der Waals surface area (Å²) in [5.74, 6) is 0.900. The maximum Gasteiger partial charge on any atom is 0.290 e. The molecular weight excluding hydrogens is 312 g/mol. The van der Waals surface area contributed by atoms with E-state index in [1.54, 1.807) is 19.1 Å². The number of nitrogens with zero attached hydrogens (tertiary/aromatic N) is 2. The smallest absolute Gasteiger partial charge is 0.290 e. The third-order valence-electron chi connectivity index (χ3n) is 3.84. The standard InChI is InChI=1S/C16H20N4O4/c1-10-4-5-14(24-10)13-7-12(17)16(22)20(19-13)9-15(21)18-8-11-3-2-6-23-11/h4-5,7,11H,2-3,6,8-9,17H2,1H3,(H,18,21). The van der Waals surface area contributed by atoms with E-state index in [1.807, 2.05) is 0 Å². The van der Waals surface area contributed by atoms with Crippen molar-refractivity contribution in [3.63, 3.8) is 0 Å². The second-order valence-electron chi connectivity index (χ2n) is 5.80. The lowest BCUT2D eigenvalue weighted by Crippen LogP contribution is -2.37. The minimum absolute atomic E-state index is 0.0148. The van der Waals surface area contributed by atoms with Gasteiger partial charge in [-0.25, -0.2) is 4.68 Å². The number of ether oxygens (including phenoxy) is 1. The summed E-state index contributed by atoms with van der Waals surface area (Å²) in [6, 6.07) is 4.97. The molecule has 1 aliphatic rings. The van der Waals surface area contributed by atoms with Gasteiger partial charge in [0.05, 0.1) is 6.10 Å². The van der Waals surface area contributed by atoms with E-state index in [1.165, 1.54) is 6.07 Å². The molecule has 0 bridgehead atoms. The fraction of sp³-hybridized carbons (Fsp3) is 0.438. The Labute approximate surface area is 138 Å². The molecule has 1 fully saturated rings. The molecule has 128 valence electrons. The fourth-order valence-corrected chi connectivity index (χ4v) is 2.59. The summed E-state index contributed by atoms with van der Waals surface area (Å²) in [5, 5.41) is 6.93. The van der Waals surface area contributed by atoms with Gasteiger partial charge in [0, 0.05) is 13.2 Å². The molecule has 3 heterocycles. The van der Waals surface area contributed by atoms with E-state index in [0.29, 0.717) is 18.0 Å². The van der Waals surface area contributed by atoms with Crippen LogP contribution in [0.1, 0.15) is 18.6 Å². The van der Waals surface area contributed by atoms with E-state index in [4.69, 9.17) is 14.9 Å². The number of amides is 1. The molecule has 0 spiro atoms. The van der Waals surface area contributed by atoms with Crippen molar-refractivity contribution in [2.75, 3.05) is 18.9 Å². The molecule has 1 amide bonds. The van der Waals surface area contributed by atoms with E-state index >= 15 is 0 Å². The number of aryl methyl sites for hydroxylation is 1. The normalized spacial score (nSPS) is 17.1. The van der Waals surface area contributed by atoms with Crippen LogP contribution in [0.25, 0.3) is 11.5 Å². The molecule has 2 aromatic rings. The quantitative estimate of drug-likeness (QED) is 0.833. The van der Waals surface area contributed by atoms with E-state index in [-0.39, 0.29) is 24.2 Å². The van der Waals surface area contributed by atoms with Gasteiger partial charge in [-0.1, -0.05) is 0 Å². The topological polar surface area (TPSA) is 112 Å². The number of nitrogens with two attached hydrogens (primary N) is 1. The second-order valence-corrected chi connectivity index (χ2v) is 5.80. The van der Waals surface area contributed by atoms with Crippen LogP contribution in [0.4, 0.5) is 5.69 Å². The highest BCUT2D eigenvalue weighted by molar-refractivity contribution is 5.75. The number of nitrogens with one attached hydrogen (secondary N) is 1. The number of rotatable bonds is 5. The molecule has 8 heteroatoms. The summed E-state index contributed by atoms with van der Waals surface area (Å²) >= 11 is 0. The van der Waals surface area contributed by atoms with Crippen molar-refractivity contribution in [1.29, 1.82) is 0 Å². The molecule has 2 aromatic heterocycles. The molecule has 0 aliphatic carbocycles. The summed E-state index contributed by atoms with van der Waals surface area (Å²) in [6.45, 7) is 2.76. The van der Waals surface area contributed by atoms with Gasteiger partial charge in [0.2, 0.25) is 5.91 Å². The summed E-state index contributed by atoms with van der Waals surface area (Å²) in [6.07, 6.45) is 1.97. The van der Waals surface area contributed by atoms with Crippen LogP contribution >= 0.6 is 0 Å². The number of nitrogen functional groups attached to an aromatic ring is 1. The van der Waals surface area contributed by atoms with Crippen LogP contribution in [0.3, 0.4) is 0 Å². The fourth-order valence-electron chi connectivity index (χ4n) is 2.59.